The first kappa shape index (κ1) is 34.1. The molecule has 10 rings (SSSR count). The second-order valence-corrected chi connectivity index (χ2v) is 40.3. The van der Waals surface area contributed by atoms with Gasteiger partial charge in [0, 0.05) is 0 Å². The predicted molar refractivity (Wildman–Crippen MR) is 244 cm³/mol. The van der Waals surface area contributed by atoms with Gasteiger partial charge in [-0.25, -0.2) is 0 Å². The second-order valence-electron chi connectivity index (χ2n) is 15.5. The molecule has 0 atom stereocenters. The van der Waals surface area contributed by atoms with Crippen LogP contribution in [0.15, 0.2) is 243 Å². The van der Waals surface area contributed by atoms with Crippen LogP contribution in [-0.4, -0.2) is 30.4 Å². The van der Waals surface area contributed by atoms with Crippen LogP contribution in [0.25, 0.3) is 0 Å². The molecule has 2 aliphatic heterocycles. The van der Waals surface area contributed by atoms with Gasteiger partial charge in [-0.2, -0.15) is 0 Å². The number of rotatable bonds is 8. The molecule has 0 aromatic heterocycles. The molecule has 4 heteroatoms. The van der Waals surface area contributed by atoms with Crippen molar-refractivity contribution in [1.29, 1.82) is 0 Å². The van der Waals surface area contributed by atoms with Gasteiger partial charge in [0.05, 0.1) is 0 Å². The lowest BCUT2D eigenvalue weighted by Crippen LogP contribution is -2.86. The largest absolute Gasteiger partial charge is 0.123 e. The summed E-state index contributed by atoms with van der Waals surface area (Å²) in [6.07, 6.45) is 1.21. The Morgan fingerprint density at radius 3 is 0.673 bits per heavy atom. The summed E-state index contributed by atoms with van der Waals surface area (Å²) >= 11 is 0. The Morgan fingerprint density at radius 2 is 0.436 bits per heavy atom. The highest BCUT2D eigenvalue weighted by Crippen LogP contribution is 2.77. The minimum absolute atomic E-state index is 0.0268. The van der Waals surface area contributed by atoms with Crippen LogP contribution in [0.1, 0.15) is 6.42 Å². The first-order valence-electron chi connectivity index (χ1n) is 19.7. The third-order valence-corrected chi connectivity index (χ3v) is 58.8. The number of hydrogen-bond donors (Lipinski definition) is 0. The molecule has 8 aromatic carbocycles. The van der Waals surface area contributed by atoms with Crippen molar-refractivity contribution in [2.24, 2.45) is 0 Å². The van der Waals surface area contributed by atoms with E-state index in [2.05, 4.69) is 243 Å². The Kier molecular flexibility index (Phi) is 8.34. The molecule has 55 heavy (non-hydrogen) atoms. The van der Waals surface area contributed by atoms with Gasteiger partial charge in [0.2, 0.25) is 0 Å². The van der Waals surface area contributed by atoms with Crippen LogP contribution >= 0.6 is 0 Å². The minimum atomic E-state index is -3.00. The Bertz CT molecular complexity index is 2270. The Hall–Kier alpha value is -5.37. The lowest BCUT2D eigenvalue weighted by atomic mass is 10.4. The van der Waals surface area contributed by atoms with Gasteiger partial charge in [-0.1, -0.05) is 297 Å². The Balaban J connectivity index is 1.53. The van der Waals surface area contributed by atoms with E-state index in [1.807, 2.05) is 0 Å². The predicted octanol–water partition coefficient (Wildman–Crippen LogP) is 6.43. The molecule has 0 aliphatic carbocycles. The molecule has 0 radical (unpaired) electrons. The lowest BCUT2D eigenvalue weighted by Gasteiger charge is -2.50. The van der Waals surface area contributed by atoms with E-state index in [0.717, 1.165) is 0 Å². The summed E-state index contributed by atoms with van der Waals surface area (Å²) in [5.41, 5.74) is 0. The first-order chi connectivity index (χ1) is 27.3. The maximum Gasteiger partial charge on any atom is 0.123 e. The zero-order chi connectivity index (χ0) is 36.8. The van der Waals surface area contributed by atoms with E-state index in [1.54, 1.807) is 41.5 Å². The van der Waals surface area contributed by atoms with Gasteiger partial charge < -0.3 is 0 Å². The van der Waals surface area contributed by atoms with E-state index in [0.29, 0.717) is 0 Å². The molecule has 2 fully saturated rings. The Labute approximate surface area is 329 Å². The van der Waals surface area contributed by atoms with Crippen LogP contribution in [0.3, 0.4) is 0 Å². The normalized spacial score (nSPS) is 18.0. The average Bonchev–Trinajstić information content (AvgIpc) is 3.71. The standard InChI is InChI=1S/C51H44Si4/c1-9-25-43(26-10-1)52(44-27-11-2-12-28-44)42-41-51(53(52,45-29-13-3-14-30-45)46-31-15-4-16-32-46)54(47-33-17-5-18-34-47,48-35-19-6-20-36-48)55(51,49-37-21-7-22-38-49)50-39-23-8-24-40-50/h1-40H,41-42H2. The van der Waals surface area contributed by atoms with Gasteiger partial charge in [-0.15, -0.1) is 0 Å². The van der Waals surface area contributed by atoms with Crippen LogP contribution in [0.2, 0.25) is 10.3 Å². The number of benzene rings is 8. The van der Waals surface area contributed by atoms with E-state index in [-0.39, 0.29) is 4.28 Å². The summed E-state index contributed by atoms with van der Waals surface area (Å²) in [7, 11) is -11.3. The molecule has 0 saturated carbocycles. The van der Waals surface area contributed by atoms with Crippen LogP contribution in [0, 0.1) is 0 Å². The van der Waals surface area contributed by atoms with Crippen molar-refractivity contribution in [3.8, 4) is 0 Å². The SMILES string of the molecule is c1ccc([Si]2(c3ccccc3)CCC3([Si]2(c2ccccc2)c2ccccc2)[Si](c2ccccc2)(c2ccccc2)[Si]3(c2ccccc2)c2ccccc2)cc1. The van der Waals surface area contributed by atoms with Gasteiger partial charge in [0.1, 0.15) is 30.4 Å². The molecule has 0 bridgehead atoms. The fourth-order valence-electron chi connectivity index (χ4n) is 12.5. The fourth-order valence-corrected chi connectivity index (χ4v) is 82.9. The zero-order valence-electron chi connectivity index (χ0n) is 31.0. The van der Waals surface area contributed by atoms with Crippen molar-refractivity contribution < 1.29 is 0 Å². The highest BCUT2D eigenvalue weighted by atomic mass is 29.4. The van der Waals surface area contributed by atoms with E-state index in [9.17, 15) is 0 Å². The molecule has 1 spiro atoms. The maximum atomic E-state index is 2.59. The quantitative estimate of drug-likeness (QED) is 0.157. The van der Waals surface area contributed by atoms with Gasteiger partial charge in [-0.05, 0) is 4.28 Å². The van der Waals surface area contributed by atoms with Crippen LogP contribution in [0.4, 0.5) is 0 Å². The number of hydrogen-bond acceptors (Lipinski definition) is 0. The van der Waals surface area contributed by atoms with E-state index in [4.69, 9.17) is 0 Å². The third kappa shape index (κ3) is 4.31. The monoisotopic (exact) mass is 768 g/mol. The molecule has 2 aliphatic rings. The molecule has 2 heterocycles. The summed E-state index contributed by atoms with van der Waals surface area (Å²) in [6, 6.07) is 97.6. The van der Waals surface area contributed by atoms with Crippen molar-refractivity contribution in [3.63, 3.8) is 0 Å². The summed E-state index contributed by atoms with van der Waals surface area (Å²) in [4.78, 5) is 0. The maximum absolute atomic E-state index is 3.00. The zero-order valence-corrected chi connectivity index (χ0v) is 35.0. The van der Waals surface area contributed by atoms with Gasteiger partial charge in [-0.3, -0.25) is 0 Å². The van der Waals surface area contributed by atoms with Gasteiger partial charge in [0.25, 0.3) is 0 Å². The molecule has 264 valence electrons. The topological polar surface area (TPSA) is 0 Å². The second kappa shape index (κ2) is 13.4. The van der Waals surface area contributed by atoms with Crippen LogP contribution < -0.4 is 41.5 Å². The third-order valence-electron chi connectivity index (χ3n) is 13.7. The Morgan fingerprint density at radius 1 is 0.236 bits per heavy atom. The molecular weight excluding hydrogens is 725 g/mol. The van der Waals surface area contributed by atoms with E-state index >= 15 is 0 Å². The van der Waals surface area contributed by atoms with Crippen molar-refractivity contribution in [2.75, 3.05) is 0 Å². The fraction of sp³-hybridized carbons (Fsp3) is 0.0588. The highest BCUT2D eigenvalue weighted by Gasteiger charge is 3.00. The summed E-state index contributed by atoms with van der Waals surface area (Å²) in [5, 5.41) is 12.8. The van der Waals surface area contributed by atoms with Crippen molar-refractivity contribution in [3.05, 3.63) is 243 Å². The summed E-state index contributed by atoms with van der Waals surface area (Å²) in [6.45, 7) is 0. The minimum Gasteiger partial charge on any atom is -0.0628 e. The summed E-state index contributed by atoms with van der Waals surface area (Å²) < 4.78 is 0.0268. The van der Waals surface area contributed by atoms with E-state index in [1.165, 1.54) is 12.5 Å². The van der Waals surface area contributed by atoms with Gasteiger partial charge >= 0.3 is 0 Å². The molecule has 0 unspecified atom stereocenters. The van der Waals surface area contributed by atoms with Crippen molar-refractivity contribution in [2.45, 2.75) is 16.7 Å². The average molecular weight is 769 g/mol. The smallest absolute Gasteiger partial charge is 0.0628 e. The summed E-state index contributed by atoms with van der Waals surface area (Å²) in [5.74, 6) is 0. The molecule has 0 N–H and O–H groups in total. The lowest BCUT2D eigenvalue weighted by molar-refractivity contribution is 0.961. The highest BCUT2D eigenvalue weighted by molar-refractivity contribution is 7.88. The molecule has 0 amide bonds. The molecule has 0 nitrogen and oxygen atoms in total. The van der Waals surface area contributed by atoms with Crippen LogP contribution in [-0.2, 0) is 0 Å². The van der Waals surface area contributed by atoms with Crippen molar-refractivity contribution in [1.82, 2.24) is 0 Å². The molecule has 2 saturated heterocycles. The van der Waals surface area contributed by atoms with E-state index < -0.39 is 30.4 Å². The first-order valence-corrected chi connectivity index (χ1v) is 29.9. The molecular formula is C51H44Si4. The van der Waals surface area contributed by atoms with Crippen molar-refractivity contribution >= 4 is 71.9 Å². The van der Waals surface area contributed by atoms with Gasteiger partial charge in [0.15, 0.2) is 0 Å². The van der Waals surface area contributed by atoms with Crippen LogP contribution in [0.5, 0.6) is 0 Å². The molecule has 8 aromatic rings.